The summed E-state index contributed by atoms with van der Waals surface area (Å²) in [6.45, 7) is 0. The van der Waals surface area contributed by atoms with Crippen molar-refractivity contribution in [2.24, 2.45) is 5.92 Å². The summed E-state index contributed by atoms with van der Waals surface area (Å²) in [4.78, 5) is 0. The molecular formula is C16H16Cl4Zr. The SMILES string of the molecule is C1=CC(CCC2=Cc3ccccc3C2)C=C1.[Cl-].[Cl-].[Cl-].[Cl-].[Zr+4]. The zero-order chi connectivity index (χ0) is 10.8. The van der Waals surface area contributed by atoms with Gasteiger partial charge in [-0.1, -0.05) is 60.2 Å². The summed E-state index contributed by atoms with van der Waals surface area (Å²) in [5.74, 6) is 0.671. The van der Waals surface area contributed by atoms with Gasteiger partial charge < -0.3 is 49.6 Å². The Hall–Kier alpha value is 0.483. The molecule has 0 saturated carbocycles. The van der Waals surface area contributed by atoms with Crippen LogP contribution in [0.5, 0.6) is 0 Å². The van der Waals surface area contributed by atoms with Gasteiger partial charge in [0.25, 0.3) is 0 Å². The number of fused-ring (bicyclic) bond motifs is 1. The van der Waals surface area contributed by atoms with E-state index in [1.54, 1.807) is 5.57 Å². The summed E-state index contributed by atoms with van der Waals surface area (Å²) in [7, 11) is 0. The number of benzene rings is 1. The second kappa shape index (κ2) is 13.0. The average Bonchev–Trinajstić information content (AvgIpc) is 2.95. The van der Waals surface area contributed by atoms with E-state index in [4.69, 9.17) is 0 Å². The molecular weight excluding hydrogens is 425 g/mol. The molecule has 0 aliphatic heterocycles. The first kappa shape index (κ1) is 26.4. The first-order valence-corrected chi connectivity index (χ1v) is 6.04. The summed E-state index contributed by atoms with van der Waals surface area (Å²) in [5.41, 5.74) is 4.51. The summed E-state index contributed by atoms with van der Waals surface area (Å²) < 4.78 is 0. The largest absolute Gasteiger partial charge is 4.00 e. The molecule has 0 spiro atoms. The number of allylic oxidation sites excluding steroid dienone is 5. The van der Waals surface area contributed by atoms with Crippen LogP contribution < -0.4 is 49.6 Å². The van der Waals surface area contributed by atoms with Gasteiger partial charge in [-0.15, -0.1) is 0 Å². The van der Waals surface area contributed by atoms with Gasteiger partial charge in [-0.3, -0.25) is 0 Å². The van der Waals surface area contributed by atoms with Gasteiger partial charge in [0, 0.05) is 0 Å². The fourth-order valence-electron chi connectivity index (χ4n) is 2.53. The third-order valence-corrected chi connectivity index (χ3v) is 3.46. The molecule has 0 amide bonds. The Balaban J connectivity index is -0.000000648. The van der Waals surface area contributed by atoms with E-state index in [2.05, 4.69) is 54.6 Å². The molecule has 1 aromatic rings. The molecule has 0 radical (unpaired) electrons. The molecule has 2 aliphatic rings. The molecule has 0 unspecified atom stereocenters. The third kappa shape index (κ3) is 7.06. The molecule has 1 aromatic carbocycles. The van der Waals surface area contributed by atoms with Gasteiger partial charge >= 0.3 is 26.2 Å². The number of rotatable bonds is 3. The minimum Gasteiger partial charge on any atom is -1.00 e. The van der Waals surface area contributed by atoms with E-state index in [9.17, 15) is 0 Å². The Morgan fingerprint density at radius 3 is 2.14 bits per heavy atom. The van der Waals surface area contributed by atoms with Crippen molar-refractivity contribution < 1.29 is 75.8 Å². The Labute approximate surface area is 171 Å². The van der Waals surface area contributed by atoms with Crippen molar-refractivity contribution in [2.75, 3.05) is 0 Å². The molecule has 0 bridgehead atoms. The maximum atomic E-state index is 2.37. The molecule has 0 heterocycles. The second-order valence-electron chi connectivity index (χ2n) is 4.65. The van der Waals surface area contributed by atoms with Crippen LogP contribution in [0, 0.1) is 5.92 Å². The second-order valence-corrected chi connectivity index (χ2v) is 4.65. The zero-order valence-electron chi connectivity index (χ0n) is 11.4. The summed E-state index contributed by atoms with van der Waals surface area (Å²) in [5, 5.41) is 0. The van der Waals surface area contributed by atoms with E-state index < -0.39 is 0 Å². The van der Waals surface area contributed by atoms with Gasteiger partial charge in [0.1, 0.15) is 0 Å². The fraction of sp³-hybridized carbons (Fsp3) is 0.250. The number of hydrogen-bond acceptors (Lipinski definition) is 0. The van der Waals surface area contributed by atoms with E-state index in [0.717, 1.165) is 6.42 Å². The van der Waals surface area contributed by atoms with E-state index in [1.165, 1.54) is 24.0 Å². The Morgan fingerprint density at radius 2 is 1.52 bits per heavy atom. The van der Waals surface area contributed by atoms with Crippen molar-refractivity contribution in [1.29, 1.82) is 0 Å². The normalized spacial score (nSPS) is 13.6. The zero-order valence-corrected chi connectivity index (χ0v) is 16.9. The smallest absolute Gasteiger partial charge is 1.00 e. The van der Waals surface area contributed by atoms with Crippen LogP contribution in [0.3, 0.4) is 0 Å². The van der Waals surface area contributed by atoms with Crippen LogP contribution in [0.2, 0.25) is 0 Å². The minimum absolute atomic E-state index is 0. The minimum atomic E-state index is 0. The predicted octanol–water partition coefficient (Wildman–Crippen LogP) is -7.84. The average molecular weight is 441 g/mol. The summed E-state index contributed by atoms with van der Waals surface area (Å²) >= 11 is 0. The van der Waals surface area contributed by atoms with E-state index in [0.29, 0.717) is 5.92 Å². The molecule has 3 rings (SSSR count). The molecule has 0 nitrogen and oxygen atoms in total. The first-order valence-electron chi connectivity index (χ1n) is 6.04. The van der Waals surface area contributed by atoms with Gasteiger partial charge in [-0.05, 0) is 36.3 Å². The Morgan fingerprint density at radius 1 is 0.905 bits per heavy atom. The standard InChI is InChI=1S/C16H16.4ClH.Zr/c1-2-6-13(5-1)9-10-14-11-15-7-3-4-8-16(15)12-14;;;;;/h1-8,11,13H,9-10,12H2;4*1H;/q;;;;;+4/p-4. The molecule has 0 atom stereocenters. The monoisotopic (exact) mass is 438 g/mol. The van der Waals surface area contributed by atoms with Crippen LogP contribution in [0.25, 0.3) is 6.08 Å². The molecule has 112 valence electrons. The predicted molar refractivity (Wildman–Crippen MR) is 69.1 cm³/mol. The van der Waals surface area contributed by atoms with Crippen LogP contribution in [0.1, 0.15) is 24.0 Å². The topological polar surface area (TPSA) is 0 Å². The summed E-state index contributed by atoms with van der Waals surface area (Å²) in [6, 6.07) is 8.73. The van der Waals surface area contributed by atoms with Gasteiger partial charge in [0.05, 0.1) is 0 Å². The van der Waals surface area contributed by atoms with Crippen molar-refractivity contribution in [3.63, 3.8) is 0 Å². The van der Waals surface area contributed by atoms with E-state index in [-0.39, 0.29) is 75.8 Å². The maximum Gasteiger partial charge on any atom is 4.00 e. The van der Waals surface area contributed by atoms with Gasteiger partial charge in [0.15, 0.2) is 0 Å². The van der Waals surface area contributed by atoms with Crippen LogP contribution in [0.15, 0.2) is 54.1 Å². The Kier molecular flexibility index (Phi) is 16.3. The van der Waals surface area contributed by atoms with E-state index >= 15 is 0 Å². The molecule has 0 fully saturated rings. The van der Waals surface area contributed by atoms with Crippen molar-refractivity contribution in [3.8, 4) is 0 Å². The number of hydrogen-bond donors (Lipinski definition) is 0. The van der Waals surface area contributed by atoms with Crippen molar-refractivity contribution in [3.05, 3.63) is 65.3 Å². The van der Waals surface area contributed by atoms with Gasteiger partial charge in [-0.2, -0.15) is 0 Å². The van der Waals surface area contributed by atoms with Crippen molar-refractivity contribution >= 4 is 6.08 Å². The molecule has 0 N–H and O–H groups in total. The molecule has 0 aromatic heterocycles. The molecule has 0 saturated heterocycles. The molecule has 21 heavy (non-hydrogen) atoms. The van der Waals surface area contributed by atoms with Crippen LogP contribution >= 0.6 is 0 Å². The van der Waals surface area contributed by atoms with Crippen molar-refractivity contribution in [2.45, 2.75) is 19.3 Å². The Bertz CT molecular complexity index is 483. The maximum absolute atomic E-state index is 2.37. The first-order chi connectivity index (χ1) is 7.92. The van der Waals surface area contributed by atoms with Gasteiger partial charge in [0.2, 0.25) is 0 Å². The van der Waals surface area contributed by atoms with Crippen molar-refractivity contribution in [1.82, 2.24) is 0 Å². The third-order valence-electron chi connectivity index (χ3n) is 3.46. The van der Waals surface area contributed by atoms with Gasteiger partial charge in [-0.25, -0.2) is 0 Å². The van der Waals surface area contributed by atoms with Crippen LogP contribution in [-0.2, 0) is 32.6 Å². The van der Waals surface area contributed by atoms with E-state index in [1.807, 2.05) is 0 Å². The fourth-order valence-corrected chi connectivity index (χ4v) is 2.53. The molecule has 2 aliphatic carbocycles. The number of halogens is 4. The van der Waals surface area contributed by atoms with Crippen LogP contribution in [-0.4, -0.2) is 0 Å². The quantitative estimate of drug-likeness (QED) is 0.438. The molecule has 5 heteroatoms. The summed E-state index contributed by atoms with van der Waals surface area (Å²) in [6.07, 6.45) is 14.9. The van der Waals surface area contributed by atoms with Crippen LogP contribution in [0.4, 0.5) is 0 Å².